The van der Waals surface area contributed by atoms with Gasteiger partial charge in [-0.2, -0.15) is 0 Å². The summed E-state index contributed by atoms with van der Waals surface area (Å²) >= 11 is 1.82. The number of ketones is 1. The normalized spacial score (nSPS) is 15.5. The zero-order valence-corrected chi connectivity index (χ0v) is 18.8. The van der Waals surface area contributed by atoms with Crippen molar-refractivity contribution in [2.45, 2.75) is 33.1 Å². The summed E-state index contributed by atoms with van der Waals surface area (Å²) in [5.74, 6) is 0.766. The van der Waals surface area contributed by atoms with Crippen molar-refractivity contribution in [3.05, 3.63) is 87.9 Å². The highest BCUT2D eigenvalue weighted by Gasteiger charge is 2.28. The van der Waals surface area contributed by atoms with Crippen LogP contribution in [-0.2, 0) is 12.8 Å². The summed E-state index contributed by atoms with van der Waals surface area (Å²) in [6.07, 6.45) is 3.38. The van der Waals surface area contributed by atoms with Crippen LogP contribution in [0, 0.1) is 12.8 Å². The predicted molar refractivity (Wildman–Crippen MR) is 128 cm³/mol. The van der Waals surface area contributed by atoms with Crippen LogP contribution >= 0.6 is 23.7 Å². The van der Waals surface area contributed by atoms with Gasteiger partial charge in [0.05, 0.1) is 11.3 Å². The zero-order valence-electron chi connectivity index (χ0n) is 17.1. The van der Waals surface area contributed by atoms with Crippen molar-refractivity contribution in [3.63, 3.8) is 0 Å². The molecule has 4 aromatic rings. The molecule has 152 valence electrons. The number of rotatable bonds is 3. The van der Waals surface area contributed by atoms with E-state index in [1.54, 1.807) is 0 Å². The highest BCUT2D eigenvalue weighted by molar-refractivity contribution is 7.19. The Balaban J connectivity index is 0.00000218. The number of carbonyl (C=O) groups is 1. The smallest absolute Gasteiger partial charge is 0.195 e. The van der Waals surface area contributed by atoms with E-state index in [1.165, 1.54) is 22.2 Å². The van der Waals surface area contributed by atoms with Crippen LogP contribution in [0.1, 0.15) is 45.4 Å². The van der Waals surface area contributed by atoms with Crippen molar-refractivity contribution in [3.8, 4) is 11.1 Å². The second-order valence-electron chi connectivity index (χ2n) is 8.04. The first kappa shape index (κ1) is 20.8. The molecule has 0 saturated heterocycles. The number of pyridine rings is 1. The number of benzene rings is 2. The molecule has 0 aliphatic heterocycles. The molecule has 5 rings (SSSR count). The molecule has 2 heterocycles. The molecule has 0 saturated carbocycles. The maximum atomic E-state index is 13.6. The van der Waals surface area contributed by atoms with Crippen LogP contribution in [0.2, 0.25) is 0 Å². The van der Waals surface area contributed by atoms with Crippen LogP contribution in [0.4, 0.5) is 0 Å². The van der Waals surface area contributed by atoms with Crippen LogP contribution in [-0.4, -0.2) is 10.8 Å². The van der Waals surface area contributed by atoms with Gasteiger partial charge in [0.15, 0.2) is 5.78 Å². The molecule has 0 spiro atoms. The molecule has 0 fully saturated rings. The first-order valence-electron chi connectivity index (χ1n) is 10.2. The molecular formula is C26H24ClNOS. The van der Waals surface area contributed by atoms with Crippen molar-refractivity contribution in [2.24, 2.45) is 5.92 Å². The quantitative estimate of drug-likeness (QED) is 0.324. The van der Waals surface area contributed by atoms with Gasteiger partial charge < -0.3 is 0 Å². The van der Waals surface area contributed by atoms with Gasteiger partial charge in [0, 0.05) is 21.4 Å². The molecule has 1 unspecified atom stereocenters. The Morgan fingerprint density at radius 3 is 2.40 bits per heavy atom. The second-order valence-corrected chi connectivity index (χ2v) is 9.12. The topological polar surface area (TPSA) is 30.0 Å². The lowest BCUT2D eigenvalue weighted by Gasteiger charge is -2.19. The molecule has 1 aliphatic rings. The molecule has 4 heteroatoms. The Morgan fingerprint density at radius 2 is 1.70 bits per heavy atom. The SMILES string of the molecule is Cc1nc2sc3c(c2c(-c2ccccc2)c1C(=O)c1ccccc1)CCC(C)C3.Cl. The van der Waals surface area contributed by atoms with Gasteiger partial charge in [-0.1, -0.05) is 67.6 Å². The van der Waals surface area contributed by atoms with Crippen molar-refractivity contribution in [2.75, 3.05) is 0 Å². The number of hydrogen-bond acceptors (Lipinski definition) is 3. The van der Waals surface area contributed by atoms with Gasteiger partial charge in [0.25, 0.3) is 0 Å². The Labute approximate surface area is 187 Å². The number of hydrogen-bond donors (Lipinski definition) is 0. The van der Waals surface area contributed by atoms with E-state index in [2.05, 4.69) is 31.2 Å². The van der Waals surface area contributed by atoms with Gasteiger partial charge in [-0.3, -0.25) is 4.79 Å². The van der Waals surface area contributed by atoms with E-state index in [4.69, 9.17) is 4.98 Å². The summed E-state index contributed by atoms with van der Waals surface area (Å²) in [7, 11) is 0. The standard InChI is InChI=1S/C26H23NOS.ClH/c1-16-13-14-20-21(15-16)29-26-24(20)23(18-9-5-3-6-10-18)22(17(2)27-26)25(28)19-11-7-4-8-12-19;/h3-12,16H,13-15H2,1-2H3;1H. The molecule has 0 bridgehead atoms. The third-order valence-corrected chi connectivity index (χ3v) is 7.10. The van der Waals surface area contributed by atoms with E-state index in [1.807, 2.05) is 54.7 Å². The molecule has 0 radical (unpaired) electrons. The number of carbonyl (C=O) groups excluding carboxylic acids is 1. The third kappa shape index (κ3) is 3.46. The monoisotopic (exact) mass is 433 g/mol. The van der Waals surface area contributed by atoms with Gasteiger partial charge >= 0.3 is 0 Å². The summed E-state index contributed by atoms with van der Waals surface area (Å²) in [6, 6.07) is 19.9. The Morgan fingerprint density at radius 1 is 1.03 bits per heavy atom. The summed E-state index contributed by atoms with van der Waals surface area (Å²) in [6.45, 7) is 4.30. The summed E-state index contributed by atoms with van der Waals surface area (Å²) in [5, 5.41) is 1.20. The van der Waals surface area contributed by atoms with Crippen LogP contribution < -0.4 is 0 Å². The molecule has 0 amide bonds. The molecule has 30 heavy (non-hydrogen) atoms. The van der Waals surface area contributed by atoms with Crippen LogP contribution in [0.5, 0.6) is 0 Å². The van der Waals surface area contributed by atoms with E-state index in [0.29, 0.717) is 11.5 Å². The van der Waals surface area contributed by atoms with Crippen LogP contribution in [0.15, 0.2) is 60.7 Å². The summed E-state index contributed by atoms with van der Waals surface area (Å²) in [4.78, 5) is 21.1. The van der Waals surface area contributed by atoms with Crippen molar-refractivity contribution in [1.82, 2.24) is 4.98 Å². The zero-order chi connectivity index (χ0) is 20.0. The second kappa shape index (κ2) is 8.33. The molecule has 2 aromatic heterocycles. The average molecular weight is 434 g/mol. The van der Waals surface area contributed by atoms with E-state index in [-0.39, 0.29) is 18.2 Å². The van der Waals surface area contributed by atoms with Crippen molar-refractivity contribution < 1.29 is 4.79 Å². The summed E-state index contributed by atoms with van der Waals surface area (Å²) in [5.41, 5.74) is 5.85. The minimum atomic E-state index is 0. The van der Waals surface area contributed by atoms with Crippen LogP contribution in [0.25, 0.3) is 21.3 Å². The Bertz CT molecular complexity index is 1210. The summed E-state index contributed by atoms with van der Waals surface area (Å²) < 4.78 is 0. The largest absolute Gasteiger partial charge is 0.289 e. The van der Waals surface area contributed by atoms with Crippen molar-refractivity contribution >= 4 is 39.7 Å². The molecule has 2 aromatic carbocycles. The highest BCUT2D eigenvalue weighted by atomic mass is 35.5. The molecular weight excluding hydrogens is 410 g/mol. The molecule has 1 aliphatic carbocycles. The minimum Gasteiger partial charge on any atom is -0.289 e. The maximum Gasteiger partial charge on any atom is 0.195 e. The lowest BCUT2D eigenvalue weighted by molar-refractivity contribution is 0.103. The highest BCUT2D eigenvalue weighted by Crippen LogP contribution is 2.44. The number of nitrogens with zero attached hydrogens (tertiary/aromatic N) is 1. The first-order valence-corrected chi connectivity index (χ1v) is 11.0. The Hall–Kier alpha value is -2.49. The molecule has 2 nitrogen and oxygen atoms in total. The number of aryl methyl sites for hydroxylation is 2. The maximum absolute atomic E-state index is 13.6. The lowest BCUT2D eigenvalue weighted by atomic mass is 9.85. The fourth-order valence-electron chi connectivity index (χ4n) is 4.49. The number of aromatic nitrogens is 1. The first-order chi connectivity index (χ1) is 14.1. The van der Waals surface area contributed by atoms with E-state index in [0.717, 1.165) is 40.1 Å². The Kier molecular flexibility index (Phi) is 5.77. The number of fused-ring (bicyclic) bond motifs is 3. The van der Waals surface area contributed by atoms with Gasteiger partial charge in [-0.25, -0.2) is 4.98 Å². The van der Waals surface area contributed by atoms with Gasteiger partial charge in [-0.15, -0.1) is 23.7 Å². The van der Waals surface area contributed by atoms with Gasteiger partial charge in [0.2, 0.25) is 0 Å². The van der Waals surface area contributed by atoms with E-state index < -0.39 is 0 Å². The fraction of sp³-hybridized carbons (Fsp3) is 0.231. The number of halogens is 1. The van der Waals surface area contributed by atoms with Gasteiger partial charge in [-0.05, 0) is 43.2 Å². The van der Waals surface area contributed by atoms with Crippen molar-refractivity contribution in [1.29, 1.82) is 0 Å². The predicted octanol–water partition coefficient (Wildman–Crippen LogP) is 7.05. The lowest BCUT2D eigenvalue weighted by Crippen LogP contribution is -2.10. The van der Waals surface area contributed by atoms with E-state index in [9.17, 15) is 4.79 Å². The van der Waals surface area contributed by atoms with Crippen LogP contribution in [0.3, 0.4) is 0 Å². The van der Waals surface area contributed by atoms with Gasteiger partial charge in [0.1, 0.15) is 4.83 Å². The third-order valence-electron chi connectivity index (χ3n) is 5.95. The fourth-order valence-corrected chi connectivity index (χ4v) is 5.93. The minimum absolute atomic E-state index is 0. The molecule has 1 atom stereocenters. The molecule has 0 N–H and O–H groups in total. The number of thiophene rings is 1. The van der Waals surface area contributed by atoms with E-state index >= 15 is 0 Å². The average Bonchev–Trinajstić information content (AvgIpc) is 3.10.